The lowest BCUT2D eigenvalue weighted by Gasteiger charge is -2.11. The molecule has 110 valence electrons. The molecule has 0 N–H and O–H groups in total. The van der Waals surface area contributed by atoms with Crippen molar-refractivity contribution in [3.8, 4) is 17.0 Å². The minimum Gasteiger partial charge on any atom is -0.545 e. The van der Waals surface area contributed by atoms with Crippen molar-refractivity contribution in [2.45, 2.75) is 0 Å². The largest absolute Gasteiger partial charge is 0.545 e. The second-order valence-electron chi connectivity index (χ2n) is 4.71. The van der Waals surface area contributed by atoms with E-state index in [1.165, 1.54) is 25.3 Å². The fraction of sp³-hybridized carbons (Fsp3) is 0.0588. The number of carboxylic acid groups (broad SMARTS) is 1. The van der Waals surface area contributed by atoms with Crippen LogP contribution >= 0.6 is 0 Å². The summed E-state index contributed by atoms with van der Waals surface area (Å²) in [5, 5.41) is 11.8. The molecule has 5 heteroatoms. The van der Waals surface area contributed by atoms with Crippen molar-refractivity contribution in [3.05, 3.63) is 59.9 Å². The molecule has 0 atom stereocenters. The molecule has 0 aliphatic carbocycles. The number of hydrogen-bond acceptors (Lipinski definition) is 4. The molecule has 0 saturated carbocycles. The molecule has 0 spiro atoms. The number of carboxylic acids is 1. The van der Waals surface area contributed by atoms with E-state index in [2.05, 4.69) is 4.98 Å². The second-order valence-corrected chi connectivity index (χ2v) is 4.71. The fourth-order valence-corrected chi connectivity index (χ4v) is 2.31. The molecule has 1 aromatic heterocycles. The van der Waals surface area contributed by atoms with Crippen LogP contribution in [0.4, 0.5) is 4.39 Å². The number of rotatable bonds is 3. The van der Waals surface area contributed by atoms with Gasteiger partial charge >= 0.3 is 0 Å². The minimum atomic E-state index is -1.33. The molecule has 22 heavy (non-hydrogen) atoms. The van der Waals surface area contributed by atoms with Gasteiger partial charge in [-0.1, -0.05) is 18.2 Å². The van der Waals surface area contributed by atoms with Crippen molar-refractivity contribution in [1.82, 2.24) is 4.98 Å². The van der Waals surface area contributed by atoms with Crippen molar-refractivity contribution in [2.24, 2.45) is 0 Å². The molecule has 0 radical (unpaired) electrons. The fourth-order valence-electron chi connectivity index (χ4n) is 2.31. The summed E-state index contributed by atoms with van der Waals surface area (Å²) in [4.78, 5) is 15.7. The van der Waals surface area contributed by atoms with Crippen LogP contribution < -0.4 is 9.84 Å². The quantitative estimate of drug-likeness (QED) is 0.744. The van der Waals surface area contributed by atoms with E-state index in [1.54, 1.807) is 30.3 Å². The molecule has 0 bridgehead atoms. The summed E-state index contributed by atoms with van der Waals surface area (Å²) in [5.41, 5.74) is 0.886. The van der Waals surface area contributed by atoms with Gasteiger partial charge in [0.1, 0.15) is 11.6 Å². The highest BCUT2D eigenvalue weighted by molar-refractivity contribution is 6.02. The Morgan fingerprint density at radius 2 is 1.95 bits per heavy atom. The molecule has 0 aliphatic rings. The van der Waals surface area contributed by atoms with E-state index < -0.39 is 11.8 Å². The van der Waals surface area contributed by atoms with Gasteiger partial charge in [0.2, 0.25) is 0 Å². The predicted molar refractivity (Wildman–Crippen MR) is 78.0 cm³/mol. The van der Waals surface area contributed by atoms with Crippen LogP contribution in [0.3, 0.4) is 0 Å². The summed E-state index contributed by atoms with van der Waals surface area (Å²) < 4.78 is 19.1. The number of nitrogens with zero attached hydrogens (tertiary/aromatic N) is 1. The van der Waals surface area contributed by atoms with Gasteiger partial charge in [0.25, 0.3) is 0 Å². The predicted octanol–water partition coefficient (Wildman–Crippen LogP) is 2.41. The first-order valence-corrected chi connectivity index (χ1v) is 6.55. The van der Waals surface area contributed by atoms with Crippen molar-refractivity contribution >= 4 is 16.9 Å². The number of hydrogen-bond donors (Lipinski definition) is 0. The first kappa shape index (κ1) is 14.0. The van der Waals surface area contributed by atoms with Gasteiger partial charge in [0.05, 0.1) is 24.3 Å². The zero-order chi connectivity index (χ0) is 15.7. The van der Waals surface area contributed by atoms with Crippen molar-refractivity contribution in [2.75, 3.05) is 7.11 Å². The number of carbonyl (C=O) groups is 1. The van der Waals surface area contributed by atoms with Crippen LogP contribution in [0.1, 0.15) is 10.4 Å². The van der Waals surface area contributed by atoms with Gasteiger partial charge in [-0.05, 0) is 24.3 Å². The number of halogens is 1. The molecule has 4 nitrogen and oxygen atoms in total. The lowest BCUT2D eigenvalue weighted by atomic mass is 10.0. The minimum absolute atomic E-state index is 0.0178. The molecule has 1 heterocycles. The molecule has 2 aromatic carbocycles. The molecule has 3 aromatic rings. The van der Waals surface area contributed by atoms with Gasteiger partial charge in [0, 0.05) is 22.6 Å². The van der Waals surface area contributed by atoms with Crippen molar-refractivity contribution in [3.63, 3.8) is 0 Å². The average molecular weight is 296 g/mol. The smallest absolute Gasteiger partial charge is 0.136 e. The molecule has 0 fully saturated rings. The van der Waals surface area contributed by atoms with Gasteiger partial charge in [-0.2, -0.15) is 0 Å². The zero-order valence-corrected chi connectivity index (χ0v) is 11.7. The van der Waals surface area contributed by atoms with E-state index in [0.29, 0.717) is 16.7 Å². The Hall–Kier alpha value is -2.95. The monoisotopic (exact) mass is 296 g/mol. The van der Waals surface area contributed by atoms with Gasteiger partial charge in [-0.25, -0.2) is 9.37 Å². The topological polar surface area (TPSA) is 62.2 Å². The number of carbonyl (C=O) groups excluding carboxylic acids is 1. The van der Waals surface area contributed by atoms with E-state index >= 15 is 0 Å². The molecular formula is C17H11FNO3-. The van der Waals surface area contributed by atoms with Crippen LogP contribution in [-0.4, -0.2) is 18.1 Å². The Balaban J connectivity index is 2.25. The van der Waals surface area contributed by atoms with Gasteiger partial charge in [0.15, 0.2) is 0 Å². The second kappa shape index (κ2) is 5.44. The summed E-state index contributed by atoms with van der Waals surface area (Å²) in [6.07, 6.45) is 0. The van der Waals surface area contributed by atoms with Gasteiger partial charge in [-0.15, -0.1) is 0 Å². The summed E-state index contributed by atoms with van der Waals surface area (Å²) in [7, 11) is 1.44. The Morgan fingerprint density at radius 1 is 1.18 bits per heavy atom. The van der Waals surface area contributed by atoms with E-state index in [-0.39, 0.29) is 16.8 Å². The van der Waals surface area contributed by atoms with Crippen LogP contribution in [0.15, 0.2) is 48.5 Å². The number of aromatic nitrogens is 1. The lowest BCUT2D eigenvalue weighted by molar-refractivity contribution is -0.254. The third-order valence-electron chi connectivity index (χ3n) is 3.39. The maximum absolute atomic E-state index is 14.2. The lowest BCUT2D eigenvalue weighted by Crippen LogP contribution is -2.22. The Kier molecular flexibility index (Phi) is 3.47. The zero-order valence-electron chi connectivity index (χ0n) is 11.7. The highest BCUT2D eigenvalue weighted by atomic mass is 19.1. The first-order chi connectivity index (χ1) is 10.6. The summed E-state index contributed by atoms with van der Waals surface area (Å²) in [6.45, 7) is 0. The summed E-state index contributed by atoms with van der Waals surface area (Å²) in [6, 6.07) is 12.4. The molecule has 0 amide bonds. The normalized spacial score (nSPS) is 10.6. The van der Waals surface area contributed by atoms with Crippen molar-refractivity contribution in [1.29, 1.82) is 0 Å². The first-order valence-electron chi connectivity index (χ1n) is 6.55. The number of ether oxygens (including phenoxy) is 1. The van der Waals surface area contributed by atoms with Crippen LogP contribution in [0, 0.1) is 5.82 Å². The molecule has 0 unspecified atom stereocenters. The van der Waals surface area contributed by atoms with Crippen LogP contribution in [-0.2, 0) is 0 Å². The third-order valence-corrected chi connectivity index (χ3v) is 3.39. The van der Waals surface area contributed by atoms with E-state index in [1.807, 2.05) is 0 Å². The average Bonchev–Trinajstić information content (AvgIpc) is 2.53. The van der Waals surface area contributed by atoms with Gasteiger partial charge in [-0.3, -0.25) is 0 Å². The molecule has 0 saturated heterocycles. The number of pyridine rings is 1. The highest BCUT2D eigenvalue weighted by Crippen LogP contribution is 2.28. The SMILES string of the molecule is COc1ccc(-c2cc(C(=O)[O-])c3ccccc3n2)c(F)c1. The van der Waals surface area contributed by atoms with E-state index in [0.717, 1.165) is 0 Å². The Bertz CT molecular complexity index is 877. The molecule has 0 aliphatic heterocycles. The molecule has 3 rings (SSSR count). The third kappa shape index (κ3) is 2.37. The number of para-hydroxylation sites is 1. The number of methoxy groups -OCH3 is 1. The highest BCUT2D eigenvalue weighted by Gasteiger charge is 2.12. The molecular weight excluding hydrogens is 285 g/mol. The number of aromatic carboxylic acids is 1. The maximum atomic E-state index is 14.2. The van der Waals surface area contributed by atoms with Crippen molar-refractivity contribution < 1.29 is 19.0 Å². The Labute approximate surface area is 125 Å². The van der Waals surface area contributed by atoms with Crippen LogP contribution in [0.2, 0.25) is 0 Å². The number of fused-ring (bicyclic) bond motifs is 1. The summed E-state index contributed by atoms with van der Waals surface area (Å²) >= 11 is 0. The standard InChI is InChI=1S/C17H12FNO3/c1-22-10-6-7-12(14(18)8-10)16-9-13(17(20)21)11-4-2-3-5-15(11)19-16/h2-9H,1H3,(H,20,21)/p-1. The Morgan fingerprint density at radius 3 is 2.64 bits per heavy atom. The maximum Gasteiger partial charge on any atom is 0.136 e. The van der Waals surface area contributed by atoms with Crippen LogP contribution in [0.5, 0.6) is 5.75 Å². The summed E-state index contributed by atoms with van der Waals surface area (Å²) in [5.74, 6) is -1.48. The van der Waals surface area contributed by atoms with E-state index in [9.17, 15) is 14.3 Å². The van der Waals surface area contributed by atoms with Gasteiger partial charge < -0.3 is 14.6 Å². The van der Waals surface area contributed by atoms with Crippen LogP contribution in [0.25, 0.3) is 22.2 Å². The van der Waals surface area contributed by atoms with E-state index in [4.69, 9.17) is 4.74 Å². The number of benzene rings is 2.